The Labute approximate surface area is 134 Å². The Hall–Kier alpha value is -1.40. The van der Waals surface area contributed by atoms with E-state index in [2.05, 4.69) is 5.32 Å². The number of nitrogens with one attached hydrogen (secondary N) is 1. The molecule has 1 aliphatic rings. The minimum absolute atomic E-state index is 0.0787. The molecule has 0 aliphatic heterocycles. The topological polar surface area (TPSA) is 75.6 Å². The fraction of sp³-hybridized carbons (Fsp3) is 0.625. The molecule has 0 bridgehead atoms. The lowest BCUT2D eigenvalue weighted by atomic mass is 9.82. The van der Waals surface area contributed by atoms with E-state index in [-0.39, 0.29) is 11.3 Å². The largest absolute Gasteiger partial charge is 0.477 e. The average Bonchev–Trinajstić information content (AvgIpc) is 3.15. The molecule has 5 nitrogen and oxygen atoms in total. The Morgan fingerprint density at radius 2 is 2.09 bits per heavy atom. The van der Waals surface area contributed by atoms with Gasteiger partial charge in [-0.25, -0.2) is 4.79 Å². The van der Waals surface area contributed by atoms with Crippen LogP contribution in [-0.4, -0.2) is 30.2 Å². The van der Waals surface area contributed by atoms with Crippen LogP contribution in [0.3, 0.4) is 0 Å². The van der Waals surface area contributed by atoms with E-state index in [9.17, 15) is 9.59 Å². The van der Waals surface area contributed by atoms with Crippen molar-refractivity contribution in [2.75, 3.05) is 13.2 Å². The van der Waals surface area contributed by atoms with Crippen molar-refractivity contribution in [2.24, 2.45) is 5.41 Å². The third-order valence-corrected chi connectivity index (χ3v) is 5.34. The van der Waals surface area contributed by atoms with Gasteiger partial charge in [0.25, 0.3) is 0 Å². The van der Waals surface area contributed by atoms with Gasteiger partial charge < -0.3 is 15.2 Å². The van der Waals surface area contributed by atoms with Crippen molar-refractivity contribution in [2.45, 2.75) is 45.6 Å². The molecule has 0 saturated heterocycles. The van der Waals surface area contributed by atoms with E-state index in [0.717, 1.165) is 37.0 Å². The highest BCUT2D eigenvalue weighted by Crippen LogP contribution is 2.41. The minimum Gasteiger partial charge on any atom is -0.477 e. The fourth-order valence-corrected chi connectivity index (χ4v) is 3.78. The zero-order valence-corrected chi connectivity index (χ0v) is 13.7. The first kappa shape index (κ1) is 17.0. The molecular weight excluding hydrogens is 302 g/mol. The minimum atomic E-state index is -0.924. The number of rotatable bonds is 8. The van der Waals surface area contributed by atoms with E-state index in [1.165, 1.54) is 11.3 Å². The highest BCUT2D eigenvalue weighted by Gasteiger charge is 2.40. The Bertz CT molecular complexity index is 520. The maximum absolute atomic E-state index is 12.6. The van der Waals surface area contributed by atoms with Gasteiger partial charge in [0.2, 0.25) is 5.91 Å². The average molecular weight is 325 g/mol. The summed E-state index contributed by atoms with van der Waals surface area (Å²) in [6.45, 7) is 3.64. The summed E-state index contributed by atoms with van der Waals surface area (Å²) in [6, 6.07) is 3.34. The van der Waals surface area contributed by atoms with Gasteiger partial charge in [0.1, 0.15) is 4.88 Å². The number of carbonyl (C=O) groups excluding carboxylic acids is 1. The summed E-state index contributed by atoms with van der Waals surface area (Å²) in [5.74, 6) is -0.846. The van der Waals surface area contributed by atoms with Crippen LogP contribution in [0.15, 0.2) is 12.1 Å². The molecule has 1 fully saturated rings. The quantitative estimate of drug-likeness (QED) is 0.720. The Morgan fingerprint density at radius 1 is 1.36 bits per heavy atom. The van der Waals surface area contributed by atoms with Crippen LogP contribution in [0.5, 0.6) is 0 Å². The molecule has 0 aromatic carbocycles. The smallest absolute Gasteiger partial charge is 0.345 e. The number of carboxylic acid groups (broad SMARTS) is 1. The number of hydrogen-bond acceptors (Lipinski definition) is 4. The molecule has 1 aromatic rings. The van der Waals surface area contributed by atoms with Gasteiger partial charge in [0.05, 0.1) is 12.0 Å². The van der Waals surface area contributed by atoms with Crippen LogP contribution in [0.1, 0.15) is 53.6 Å². The second-order valence-electron chi connectivity index (χ2n) is 5.69. The van der Waals surface area contributed by atoms with E-state index in [4.69, 9.17) is 9.84 Å². The Morgan fingerprint density at radius 3 is 2.68 bits per heavy atom. The van der Waals surface area contributed by atoms with Gasteiger partial charge in [-0.1, -0.05) is 12.8 Å². The summed E-state index contributed by atoms with van der Waals surface area (Å²) in [6.07, 6.45) is 4.76. The molecule has 1 aliphatic carbocycles. The highest BCUT2D eigenvalue weighted by atomic mass is 32.1. The lowest BCUT2D eigenvalue weighted by Gasteiger charge is -2.27. The molecule has 6 heteroatoms. The molecule has 122 valence electrons. The maximum Gasteiger partial charge on any atom is 0.345 e. The van der Waals surface area contributed by atoms with E-state index in [0.29, 0.717) is 24.6 Å². The van der Waals surface area contributed by atoms with Crippen LogP contribution in [0, 0.1) is 5.41 Å². The lowest BCUT2D eigenvalue weighted by Crippen LogP contribution is -2.39. The Kier molecular flexibility index (Phi) is 5.97. The van der Waals surface area contributed by atoms with E-state index in [1.807, 2.05) is 6.92 Å². The standard InChI is InChI=1S/C16H23NO4S/c1-2-21-10-9-16(7-3-4-8-16)15(20)17-11-12-5-6-13(22-12)14(18)19/h5-6H,2-4,7-11H2,1H3,(H,17,20)(H,18,19). The molecular formula is C16H23NO4S. The summed E-state index contributed by atoms with van der Waals surface area (Å²) < 4.78 is 5.42. The summed E-state index contributed by atoms with van der Waals surface area (Å²) in [5.41, 5.74) is -0.304. The first-order valence-electron chi connectivity index (χ1n) is 7.75. The molecule has 1 amide bonds. The van der Waals surface area contributed by atoms with Crippen LogP contribution >= 0.6 is 11.3 Å². The molecule has 0 radical (unpaired) electrons. The van der Waals surface area contributed by atoms with Crippen LogP contribution in [0.4, 0.5) is 0 Å². The molecule has 1 saturated carbocycles. The third-order valence-electron chi connectivity index (χ3n) is 4.27. The summed E-state index contributed by atoms with van der Waals surface area (Å²) in [5, 5.41) is 11.9. The number of carboxylic acids is 1. The van der Waals surface area contributed by atoms with Gasteiger partial charge in [-0.15, -0.1) is 11.3 Å². The summed E-state index contributed by atoms with van der Waals surface area (Å²) >= 11 is 1.21. The van der Waals surface area contributed by atoms with Crippen molar-refractivity contribution >= 4 is 23.2 Å². The van der Waals surface area contributed by atoms with E-state index < -0.39 is 5.97 Å². The molecule has 0 spiro atoms. The molecule has 0 atom stereocenters. The van der Waals surface area contributed by atoms with Crippen molar-refractivity contribution in [3.63, 3.8) is 0 Å². The number of aromatic carboxylic acids is 1. The van der Waals surface area contributed by atoms with Crippen LogP contribution in [-0.2, 0) is 16.1 Å². The predicted octanol–water partition coefficient (Wildman–Crippen LogP) is 3.05. The normalized spacial score (nSPS) is 16.6. The number of carbonyl (C=O) groups is 2. The number of hydrogen-bond donors (Lipinski definition) is 2. The zero-order valence-electron chi connectivity index (χ0n) is 12.9. The second kappa shape index (κ2) is 7.74. The first-order chi connectivity index (χ1) is 10.6. The summed E-state index contributed by atoms with van der Waals surface area (Å²) in [4.78, 5) is 24.6. The maximum atomic E-state index is 12.6. The monoisotopic (exact) mass is 325 g/mol. The Balaban J connectivity index is 1.91. The van der Waals surface area contributed by atoms with Gasteiger partial charge >= 0.3 is 5.97 Å². The SMILES string of the molecule is CCOCCC1(C(=O)NCc2ccc(C(=O)O)s2)CCCC1. The van der Waals surface area contributed by atoms with Gasteiger partial charge in [0, 0.05) is 18.1 Å². The van der Waals surface area contributed by atoms with Crippen molar-refractivity contribution in [3.8, 4) is 0 Å². The molecule has 1 aromatic heterocycles. The molecule has 22 heavy (non-hydrogen) atoms. The molecule has 1 heterocycles. The van der Waals surface area contributed by atoms with Crippen molar-refractivity contribution < 1.29 is 19.4 Å². The van der Waals surface area contributed by atoms with Crippen LogP contribution in [0.25, 0.3) is 0 Å². The predicted molar refractivity (Wildman–Crippen MR) is 85.1 cm³/mol. The van der Waals surface area contributed by atoms with Gasteiger partial charge in [-0.05, 0) is 38.3 Å². The number of ether oxygens (including phenoxy) is 1. The van der Waals surface area contributed by atoms with E-state index >= 15 is 0 Å². The van der Waals surface area contributed by atoms with Crippen molar-refractivity contribution in [1.82, 2.24) is 5.32 Å². The number of thiophene rings is 1. The molecule has 0 unspecified atom stereocenters. The number of amides is 1. The zero-order chi connectivity index (χ0) is 16.0. The van der Waals surface area contributed by atoms with Crippen LogP contribution < -0.4 is 5.32 Å². The van der Waals surface area contributed by atoms with Gasteiger partial charge in [0.15, 0.2) is 0 Å². The highest BCUT2D eigenvalue weighted by molar-refractivity contribution is 7.13. The lowest BCUT2D eigenvalue weighted by molar-refractivity contribution is -0.132. The summed E-state index contributed by atoms with van der Waals surface area (Å²) in [7, 11) is 0. The van der Waals surface area contributed by atoms with E-state index in [1.54, 1.807) is 12.1 Å². The third kappa shape index (κ3) is 4.08. The first-order valence-corrected chi connectivity index (χ1v) is 8.57. The van der Waals surface area contributed by atoms with Gasteiger partial charge in [-0.3, -0.25) is 4.79 Å². The van der Waals surface area contributed by atoms with Crippen LogP contribution in [0.2, 0.25) is 0 Å². The molecule has 2 rings (SSSR count). The van der Waals surface area contributed by atoms with Crippen molar-refractivity contribution in [1.29, 1.82) is 0 Å². The fourth-order valence-electron chi connectivity index (χ4n) is 3.00. The molecule has 2 N–H and O–H groups in total. The second-order valence-corrected chi connectivity index (χ2v) is 6.86. The van der Waals surface area contributed by atoms with Gasteiger partial charge in [-0.2, -0.15) is 0 Å². The van der Waals surface area contributed by atoms with Crippen molar-refractivity contribution in [3.05, 3.63) is 21.9 Å².